The molecule has 2 aliphatic carbocycles. The predicted molar refractivity (Wildman–Crippen MR) is 179 cm³/mol. The van der Waals surface area contributed by atoms with Crippen molar-refractivity contribution in [1.29, 1.82) is 0 Å². The van der Waals surface area contributed by atoms with Crippen LogP contribution in [0.5, 0.6) is 11.5 Å². The molecule has 4 aliphatic rings. The molecule has 0 saturated carbocycles. The van der Waals surface area contributed by atoms with E-state index in [9.17, 15) is 19.8 Å². The van der Waals surface area contributed by atoms with Crippen molar-refractivity contribution in [3.8, 4) is 11.5 Å². The van der Waals surface area contributed by atoms with Crippen LogP contribution < -0.4 is 22.1 Å². The quantitative estimate of drug-likeness (QED) is 0.0939. The summed E-state index contributed by atoms with van der Waals surface area (Å²) in [6.07, 6.45) is 9.74. The molecule has 12 nitrogen and oxygen atoms in total. The van der Waals surface area contributed by atoms with Crippen LogP contribution in [0.4, 0.5) is 11.4 Å². The van der Waals surface area contributed by atoms with Crippen LogP contribution in [0.15, 0.2) is 36.4 Å². The van der Waals surface area contributed by atoms with Crippen LogP contribution in [0.1, 0.15) is 85.8 Å². The first kappa shape index (κ1) is 34.0. The number of ether oxygens (including phenoxy) is 4. The molecule has 2 fully saturated rings. The summed E-state index contributed by atoms with van der Waals surface area (Å²) in [6, 6.07) is 6.06. The SMILES string of the molecule is Nc1c(O)ccc2c1CCC(NCC1CCCCO1)C2OC(=O)/C=C/C(=O)OC1c2ccc(O)c(N)c2CCC1NCC1CCCCO1. The van der Waals surface area contributed by atoms with Gasteiger partial charge in [0.25, 0.3) is 0 Å². The zero-order chi connectivity index (χ0) is 33.6. The Kier molecular flexibility index (Phi) is 11.1. The van der Waals surface area contributed by atoms with Crippen LogP contribution in [0.2, 0.25) is 0 Å². The van der Waals surface area contributed by atoms with Crippen LogP contribution in [-0.2, 0) is 41.4 Å². The molecule has 48 heavy (non-hydrogen) atoms. The summed E-state index contributed by atoms with van der Waals surface area (Å²) in [6.45, 7) is 2.72. The lowest BCUT2D eigenvalue weighted by atomic mass is 9.84. The number of nitrogens with two attached hydrogens (primary N) is 2. The molecule has 2 saturated heterocycles. The Balaban J connectivity index is 1.14. The van der Waals surface area contributed by atoms with Crippen molar-refractivity contribution < 1.29 is 38.7 Å². The predicted octanol–water partition coefficient (Wildman–Crippen LogP) is 3.63. The molecule has 0 aromatic heterocycles. The number of nitrogen functional groups attached to an aromatic ring is 2. The number of phenolic OH excluding ortho intramolecular Hbond substituents is 2. The number of hydrogen-bond donors (Lipinski definition) is 6. The number of phenols is 2. The second-order valence-electron chi connectivity index (χ2n) is 13.3. The topological polar surface area (TPSA) is 188 Å². The van der Waals surface area contributed by atoms with Crippen LogP contribution in [0.25, 0.3) is 0 Å². The van der Waals surface area contributed by atoms with Crippen molar-refractivity contribution in [3.05, 3.63) is 58.7 Å². The lowest BCUT2D eigenvalue weighted by Crippen LogP contribution is -2.44. The van der Waals surface area contributed by atoms with E-state index in [0.717, 1.165) is 86.1 Å². The molecule has 0 bridgehead atoms. The third kappa shape index (κ3) is 7.89. The number of carbonyl (C=O) groups excluding carboxylic acids is 2. The molecule has 8 N–H and O–H groups in total. The molecule has 2 aromatic carbocycles. The van der Waals surface area contributed by atoms with E-state index in [2.05, 4.69) is 10.6 Å². The molecule has 0 radical (unpaired) electrons. The molecule has 2 heterocycles. The summed E-state index contributed by atoms with van der Waals surface area (Å²) in [5.41, 5.74) is 15.9. The number of rotatable bonds is 10. The molecule has 6 atom stereocenters. The minimum absolute atomic E-state index is 0.0104. The van der Waals surface area contributed by atoms with Crippen LogP contribution >= 0.6 is 0 Å². The van der Waals surface area contributed by atoms with Crippen molar-refractivity contribution in [3.63, 3.8) is 0 Å². The largest absolute Gasteiger partial charge is 0.506 e. The summed E-state index contributed by atoms with van der Waals surface area (Å²) in [7, 11) is 0. The van der Waals surface area contributed by atoms with E-state index < -0.39 is 24.1 Å². The van der Waals surface area contributed by atoms with Gasteiger partial charge in [-0.1, -0.05) is 12.1 Å². The van der Waals surface area contributed by atoms with Crippen LogP contribution in [-0.4, -0.2) is 72.7 Å². The van der Waals surface area contributed by atoms with Crippen molar-refractivity contribution in [1.82, 2.24) is 10.6 Å². The fourth-order valence-electron chi connectivity index (χ4n) is 7.44. The summed E-state index contributed by atoms with van der Waals surface area (Å²) < 4.78 is 23.7. The fraction of sp³-hybridized carbons (Fsp3) is 0.556. The highest BCUT2D eigenvalue weighted by Crippen LogP contribution is 2.41. The molecule has 6 rings (SSSR count). The number of fused-ring (bicyclic) bond motifs is 2. The molecule has 12 heteroatoms. The van der Waals surface area contributed by atoms with Crippen LogP contribution in [0.3, 0.4) is 0 Å². The highest BCUT2D eigenvalue weighted by molar-refractivity contribution is 5.92. The van der Waals surface area contributed by atoms with Gasteiger partial charge in [0.15, 0.2) is 0 Å². The number of nitrogens with one attached hydrogen (secondary N) is 2. The van der Waals surface area contributed by atoms with Gasteiger partial charge in [0, 0.05) is 50.5 Å². The van der Waals surface area contributed by atoms with E-state index in [4.69, 9.17) is 30.4 Å². The Morgan fingerprint density at radius 3 is 1.54 bits per heavy atom. The zero-order valence-electron chi connectivity index (χ0n) is 27.3. The Morgan fingerprint density at radius 1 is 0.708 bits per heavy atom. The Bertz CT molecular complexity index is 1380. The lowest BCUT2D eigenvalue weighted by molar-refractivity contribution is -0.148. The smallest absolute Gasteiger partial charge is 0.331 e. The van der Waals surface area contributed by atoms with Gasteiger partial charge in [-0.15, -0.1) is 0 Å². The van der Waals surface area contributed by atoms with Gasteiger partial charge >= 0.3 is 11.9 Å². The third-order valence-corrected chi connectivity index (χ3v) is 10.1. The maximum Gasteiger partial charge on any atom is 0.331 e. The molecular weight excluding hydrogens is 616 g/mol. The Morgan fingerprint density at radius 2 is 1.15 bits per heavy atom. The van der Waals surface area contributed by atoms with Gasteiger partial charge in [0.1, 0.15) is 23.7 Å². The van der Waals surface area contributed by atoms with Crippen LogP contribution in [0, 0.1) is 0 Å². The van der Waals surface area contributed by atoms with Gasteiger partial charge in [0.2, 0.25) is 0 Å². The van der Waals surface area contributed by atoms with Gasteiger partial charge in [0.05, 0.1) is 23.6 Å². The Hall–Kier alpha value is -3.84. The van der Waals surface area contributed by atoms with Crippen molar-refractivity contribution in [2.45, 2.75) is 101 Å². The number of hydrogen-bond acceptors (Lipinski definition) is 12. The van der Waals surface area contributed by atoms with E-state index in [0.29, 0.717) is 38.8 Å². The second-order valence-corrected chi connectivity index (χ2v) is 13.3. The fourth-order valence-corrected chi connectivity index (χ4v) is 7.44. The van der Waals surface area contributed by atoms with Gasteiger partial charge < -0.3 is 51.3 Å². The van der Waals surface area contributed by atoms with E-state index in [1.807, 2.05) is 0 Å². The highest BCUT2D eigenvalue weighted by atomic mass is 16.6. The van der Waals surface area contributed by atoms with E-state index in [1.54, 1.807) is 12.1 Å². The van der Waals surface area contributed by atoms with Crippen molar-refractivity contribution >= 4 is 23.3 Å². The summed E-state index contributed by atoms with van der Waals surface area (Å²) in [4.78, 5) is 26.4. The van der Waals surface area contributed by atoms with E-state index in [1.165, 1.54) is 12.1 Å². The highest BCUT2D eigenvalue weighted by Gasteiger charge is 2.36. The monoisotopic (exact) mass is 664 g/mol. The zero-order valence-corrected chi connectivity index (χ0v) is 27.3. The maximum absolute atomic E-state index is 13.2. The molecule has 2 aromatic rings. The number of anilines is 2. The lowest BCUT2D eigenvalue weighted by Gasteiger charge is -2.35. The Labute approximate surface area is 281 Å². The average Bonchev–Trinajstić information content (AvgIpc) is 3.10. The minimum atomic E-state index is -0.709. The molecular formula is C36H48N4O8. The molecule has 0 spiro atoms. The van der Waals surface area contributed by atoms with E-state index in [-0.39, 0.29) is 47.2 Å². The number of benzene rings is 2. The maximum atomic E-state index is 13.2. The van der Waals surface area contributed by atoms with Crippen molar-refractivity contribution in [2.24, 2.45) is 0 Å². The second kappa shape index (κ2) is 15.6. The first-order chi connectivity index (χ1) is 23.3. The standard InChI is InChI=1S/C36H48N4O8/c37-33-23-7-11-27(39-19-21-5-1-3-17-45-21)35(25(23)9-13-29(33)41)47-31(43)15-16-32(44)48-36-26-10-14-30(42)34(38)24(26)8-12-28(36)40-20-22-6-2-4-18-46-22/h9-10,13-16,21-22,27-28,35-36,39-42H,1-8,11-12,17-20,37-38H2/b16-15+. The van der Waals surface area contributed by atoms with E-state index >= 15 is 0 Å². The number of carbonyl (C=O) groups is 2. The first-order valence-electron chi connectivity index (χ1n) is 17.3. The molecule has 260 valence electrons. The van der Waals surface area contributed by atoms with Gasteiger partial charge in [-0.05, 0) is 98.6 Å². The summed E-state index contributed by atoms with van der Waals surface area (Å²) in [5, 5.41) is 27.5. The number of aromatic hydroxyl groups is 2. The molecule has 0 amide bonds. The average molecular weight is 665 g/mol. The minimum Gasteiger partial charge on any atom is -0.506 e. The summed E-state index contributed by atoms with van der Waals surface area (Å²) >= 11 is 0. The molecule has 2 aliphatic heterocycles. The van der Waals surface area contributed by atoms with Crippen molar-refractivity contribution in [2.75, 3.05) is 37.8 Å². The summed E-state index contributed by atoms with van der Waals surface area (Å²) in [5.74, 6) is -1.44. The third-order valence-electron chi connectivity index (χ3n) is 10.1. The first-order valence-corrected chi connectivity index (χ1v) is 17.3. The van der Waals surface area contributed by atoms with Gasteiger partial charge in [-0.2, -0.15) is 0 Å². The van der Waals surface area contributed by atoms with Gasteiger partial charge in [-0.25, -0.2) is 9.59 Å². The number of esters is 2. The van der Waals surface area contributed by atoms with Gasteiger partial charge in [-0.3, -0.25) is 0 Å². The normalized spacial score (nSPS) is 27.2. The molecule has 6 unspecified atom stereocenters.